The third-order valence-electron chi connectivity index (χ3n) is 3.94. The molecular weight excluding hydrogens is 332 g/mol. The van der Waals surface area contributed by atoms with Gasteiger partial charge in [0, 0.05) is 31.7 Å². The molecule has 26 heavy (non-hydrogen) atoms. The van der Waals surface area contributed by atoms with E-state index in [9.17, 15) is 14.7 Å². The summed E-state index contributed by atoms with van der Waals surface area (Å²) in [6.45, 7) is 0. The van der Waals surface area contributed by atoms with Crippen LogP contribution in [0.15, 0.2) is 69.2 Å². The predicted octanol–water partition coefficient (Wildman–Crippen LogP) is 2.28. The lowest BCUT2D eigenvalue weighted by molar-refractivity contribution is 0.410. The van der Waals surface area contributed by atoms with Crippen molar-refractivity contribution in [2.75, 3.05) is 5.32 Å². The molecule has 3 rings (SSSR count). The summed E-state index contributed by atoms with van der Waals surface area (Å²) >= 11 is 0. The van der Waals surface area contributed by atoms with Gasteiger partial charge in [-0.15, -0.1) is 0 Å². The largest absolute Gasteiger partial charge is 0.494 e. The number of rotatable bonds is 4. The van der Waals surface area contributed by atoms with Crippen molar-refractivity contribution in [1.82, 2.24) is 9.13 Å². The second-order valence-electron chi connectivity index (χ2n) is 5.74. The lowest BCUT2D eigenvalue weighted by atomic mass is 10.2. The predicted molar refractivity (Wildman–Crippen MR) is 102 cm³/mol. The highest BCUT2D eigenvalue weighted by Crippen LogP contribution is 2.20. The van der Waals surface area contributed by atoms with E-state index in [2.05, 4.69) is 10.3 Å². The van der Waals surface area contributed by atoms with Crippen LogP contribution in [0, 0.1) is 0 Å². The summed E-state index contributed by atoms with van der Waals surface area (Å²) in [5, 5.41) is 13.3. The van der Waals surface area contributed by atoms with Crippen molar-refractivity contribution in [1.29, 1.82) is 0 Å². The Bertz CT molecular complexity index is 1060. The van der Waals surface area contributed by atoms with Crippen LogP contribution < -0.4 is 16.6 Å². The number of aliphatic imine (C=N–C) groups is 1. The van der Waals surface area contributed by atoms with E-state index in [1.54, 1.807) is 12.1 Å². The highest BCUT2D eigenvalue weighted by molar-refractivity contribution is 5.84. The molecule has 0 unspecified atom stereocenters. The monoisotopic (exact) mass is 350 g/mol. The first kappa shape index (κ1) is 17.2. The molecule has 2 aromatic carbocycles. The number of hydrogen-bond acceptors (Lipinski definition) is 5. The molecule has 0 aliphatic heterocycles. The van der Waals surface area contributed by atoms with Gasteiger partial charge in [-0.2, -0.15) is 0 Å². The van der Waals surface area contributed by atoms with Crippen molar-refractivity contribution in [2.24, 2.45) is 19.1 Å². The zero-order chi connectivity index (χ0) is 18.7. The number of aromatic nitrogens is 2. The van der Waals surface area contributed by atoms with Gasteiger partial charge in [-0.3, -0.25) is 18.9 Å². The minimum Gasteiger partial charge on any atom is -0.494 e. The van der Waals surface area contributed by atoms with E-state index in [-0.39, 0.29) is 5.56 Å². The maximum Gasteiger partial charge on any atom is 0.333 e. The fourth-order valence-corrected chi connectivity index (χ4v) is 2.43. The van der Waals surface area contributed by atoms with Crippen LogP contribution in [-0.4, -0.2) is 20.5 Å². The molecule has 0 spiro atoms. The number of anilines is 2. The number of hydrogen-bond donors (Lipinski definition) is 2. The van der Waals surface area contributed by atoms with E-state index < -0.39 is 17.1 Å². The van der Waals surface area contributed by atoms with Crippen molar-refractivity contribution >= 4 is 23.3 Å². The van der Waals surface area contributed by atoms with Gasteiger partial charge in [-0.1, -0.05) is 18.2 Å². The Kier molecular flexibility index (Phi) is 4.70. The highest BCUT2D eigenvalue weighted by Gasteiger charge is 2.12. The first-order chi connectivity index (χ1) is 12.5. The van der Waals surface area contributed by atoms with Gasteiger partial charge in [0.15, 0.2) is 0 Å². The van der Waals surface area contributed by atoms with Gasteiger partial charge in [0.2, 0.25) is 5.88 Å². The SMILES string of the molecule is Cn1c(O)c(C=Nc2ccc(Nc3ccccc3)cc2)c(=O)n(C)c1=O. The number of nitrogens with zero attached hydrogens (tertiary/aromatic N) is 3. The molecule has 0 fully saturated rings. The summed E-state index contributed by atoms with van der Waals surface area (Å²) in [7, 11) is 2.74. The Morgan fingerprint density at radius 3 is 2.19 bits per heavy atom. The molecule has 132 valence electrons. The van der Waals surface area contributed by atoms with Crippen LogP contribution in [0.25, 0.3) is 0 Å². The molecular formula is C19H18N4O3. The summed E-state index contributed by atoms with van der Waals surface area (Å²) in [6.07, 6.45) is 1.26. The molecule has 0 aliphatic rings. The Balaban J connectivity index is 1.84. The molecule has 0 bridgehead atoms. The topological polar surface area (TPSA) is 88.6 Å². The molecule has 0 saturated heterocycles. The number of para-hydroxylation sites is 1. The molecule has 1 aromatic heterocycles. The summed E-state index contributed by atoms with van der Waals surface area (Å²) in [5.74, 6) is -0.413. The van der Waals surface area contributed by atoms with Crippen molar-refractivity contribution in [2.45, 2.75) is 0 Å². The van der Waals surface area contributed by atoms with Gasteiger partial charge in [0.1, 0.15) is 5.56 Å². The maximum absolute atomic E-state index is 12.1. The average Bonchev–Trinajstić information content (AvgIpc) is 2.67. The molecule has 0 atom stereocenters. The van der Waals surface area contributed by atoms with E-state index in [0.29, 0.717) is 5.69 Å². The van der Waals surface area contributed by atoms with Crippen molar-refractivity contribution in [3.63, 3.8) is 0 Å². The first-order valence-corrected chi connectivity index (χ1v) is 7.92. The van der Waals surface area contributed by atoms with Crippen LogP contribution in [0.4, 0.5) is 17.1 Å². The second kappa shape index (κ2) is 7.10. The molecule has 1 heterocycles. The molecule has 0 saturated carbocycles. The van der Waals surface area contributed by atoms with Crippen LogP contribution in [0.5, 0.6) is 5.88 Å². The van der Waals surface area contributed by atoms with Crippen molar-refractivity contribution in [3.8, 4) is 5.88 Å². The van der Waals surface area contributed by atoms with Crippen LogP contribution >= 0.6 is 0 Å². The Morgan fingerprint density at radius 1 is 0.923 bits per heavy atom. The fourth-order valence-electron chi connectivity index (χ4n) is 2.43. The summed E-state index contributed by atoms with van der Waals surface area (Å²) in [4.78, 5) is 28.1. The molecule has 0 aliphatic carbocycles. The van der Waals surface area contributed by atoms with E-state index in [1.165, 1.54) is 20.3 Å². The van der Waals surface area contributed by atoms with Crippen LogP contribution in [0.3, 0.4) is 0 Å². The second-order valence-corrected chi connectivity index (χ2v) is 5.74. The van der Waals surface area contributed by atoms with Gasteiger partial charge >= 0.3 is 5.69 Å². The average molecular weight is 350 g/mol. The molecule has 3 aromatic rings. The smallest absolute Gasteiger partial charge is 0.333 e. The zero-order valence-electron chi connectivity index (χ0n) is 14.4. The summed E-state index contributed by atoms with van der Waals surface area (Å²) < 4.78 is 1.92. The van der Waals surface area contributed by atoms with Crippen molar-refractivity contribution < 1.29 is 5.11 Å². The highest BCUT2D eigenvalue weighted by atomic mass is 16.3. The molecule has 7 nitrogen and oxygen atoms in total. The van der Waals surface area contributed by atoms with Crippen LogP contribution in [0.2, 0.25) is 0 Å². The zero-order valence-corrected chi connectivity index (χ0v) is 14.4. The van der Waals surface area contributed by atoms with E-state index in [1.807, 2.05) is 42.5 Å². The molecule has 7 heteroatoms. The number of aromatic hydroxyl groups is 1. The lowest BCUT2D eigenvalue weighted by Gasteiger charge is -2.07. The summed E-state index contributed by atoms with van der Waals surface area (Å²) in [6, 6.07) is 17.0. The first-order valence-electron chi connectivity index (χ1n) is 7.92. The number of nitrogens with one attached hydrogen (secondary N) is 1. The van der Waals surface area contributed by atoms with Gasteiger partial charge in [0.25, 0.3) is 5.56 Å². The molecule has 0 radical (unpaired) electrons. The normalized spacial score (nSPS) is 11.0. The van der Waals surface area contributed by atoms with E-state index in [0.717, 1.165) is 20.5 Å². The minimum absolute atomic E-state index is 0.0407. The Morgan fingerprint density at radius 2 is 1.54 bits per heavy atom. The van der Waals surface area contributed by atoms with Crippen molar-refractivity contribution in [3.05, 3.63) is 81.0 Å². The third kappa shape index (κ3) is 3.41. The quantitative estimate of drug-likeness (QED) is 0.707. The molecule has 2 N–H and O–H groups in total. The third-order valence-corrected chi connectivity index (χ3v) is 3.94. The summed E-state index contributed by atoms with van der Waals surface area (Å²) in [5.41, 5.74) is 1.25. The van der Waals surface area contributed by atoms with E-state index in [4.69, 9.17) is 0 Å². The van der Waals surface area contributed by atoms with Gasteiger partial charge in [0.05, 0.1) is 5.69 Å². The maximum atomic E-state index is 12.1. The van der Waals surface area contributed by atoms with Gasteiger partial charge in [-0.25, -0.2) is 4.79 Å². The van der Waals surface area contributed by atoms with Gasteiger partial charge in [-0.05, 0) is 36.4 Å². The minimum atomic E-state index is -0.600. The number of benzene rings is 2. The lowest BCUT2D eigenvalue weighted by Crippen LogP contribution is -2.38. The Labute approximate surface area is 149 Å². The van der Waals surface area contributed by atoms with E-state index >= 15 is 0 Å². The standard InChI is InChI=1S/C19H18N4O3/c1-22-17(24)16(18(25)23(2)19(22)26)12-20-13-8-10-15(11-9-13)21-14-6-4-3-5-7-14/h3-12,21,24H,1-2H3. The fraction of sp³-hybridized carbons (Fsp3) is 0.105. The Hall–Kier alpha value is -3.61. The van der Waals surface area contributed by atoms with Crippen LogP contribution in [-0.2, 0) is 14.1 Å². The molecule has 0 amide bonds. The van der Waals surface area contributed by atoms with Gasteiger partial charge < -0.3 is 10.4 Å². The van der Waals surface area contributed by atoms with Crippen LogP contribution in [0.1, 0.15) is 5.56 Å².